The van der Waals surface area contributed by atoms with Crippen molar-refractivity contribution >= 4 is 29.1 Å². The summed E-state index contributed by atoms with van der Waals surface area (Å²) in [5.41, 5.74) is 15.3. The van der Waals surface area contributed by atoms with Gasteiger partial charge in [0.2, 0.25) is 5.95 Å². The first-order chi connectivity index (χ1) is 15.9. The summed E-state index contributed by atoms with van der Waals surface area (Å²) in [5.74, 6) is 7.07. The van der Waals surface area contributed by atoms with Gasteiger partial charge in [0.1, 0.15) is 5.82 Å². The van der Waals surface area contributed by atoms with Crippen LogP contribution in [0.4, 0.5) is 17.5 Å². The number of amides is 1. The Morgan fingerprint density at radius 3 is 2.67 bits per heavy atom. The van der Waals surface area contributed by atoms with Gasteiger partial charge >= 0.3 is 0 Å². The Morgan fingerprint density at radius 1 is 1.15 bits per heavy atom. The highest BCUT2D eigenvalue weighted by atomic mass is 16.5. The molecule has 0 fully saturated rings. The largest absolute Gasteiger partial charge is 0.493 e. The fraction of sp³-hybridized carbons (Fsp3) is 0.130. The van der Waals surface area contributed by atoms with Crippen LogP contribution < -0.4 is 26.3 Å². The van der Waals surface area contributed by atoms with Gasteiger partial charge in [-0.3, -0.25) is 4.79 Å². The fourth-order valence-electron chi connectivity index (χ4n) is 3.48. The van der Waals surface area contributed by atoms with Crippen LogP contribution in [0.2, 0.25) is 0 Å². The van der Waals surface area contributed by atoms with E-state index in [-0.39, 0.29) is 11.7 Å². The van der Waals surface area contributed by atoms with Crippen molar-refractivity contribution in [3.05, 3.63) is 64.3 Å². The maximum atomic E-state index is 11.8. The zero-order chi connectivity index (χ0) is 23.5. The number of methoxy groups -OCH3 is 2. The van der Waals surface area contributed by atoms with E-state index in [2.05, 4.69) is 32.3 Å². The average Bonchev–Trinajstić information content (AvgIpc) is 3.13. The topological polar surface area (TPSA) is 158 Å². The first kappa shape index (κ1) is 21.5. The molecule has 1 aliphatic heterocycles. The van der Waals surface area contributed by atoms with Crippen LogP contribution in [-0.4, -0.2) is 41.0 Å². The van der Waals surface area contributed by atoms with Gasteiger partial charge in [0.05, 0.1) is 25.5 Å². The second-order valence-electron chi connectivity index (χ2n) is 7.11. The number of hydrogen-bond donors (Lipinski definition) is 4. The molecule has 1 aromatic heterocycles. The van der Waals surface area contributed by atoms with E-state index in [4.69, 9.17) is 26.1 Å². The van der Waals surface area contributed by atoms with Crippen LogP contribution >= 0.6 is 0 Å². The number of carbonyl (C=O) groups is 1. The molecule has 0 unspecified atom stereocenters. The lowest BCUT2D eigenvalue weighted by Crippen LogP contribution is -2.13. The molecule has 4 rings (SSSR count). The summed E-state index contributed by atoms with van der Waals surface area (Å²) < 4.78 is 11.0. The number of hydrogen-bond acceptors (Lipinski definition) is 9. The van der Waals surface area contributed by atoms with E-state index in [1.54, 1.807) is 31.5 Å². The van der Waals surface area contributed by atoms with Gasteiger partial charge in [-0.2, -0.15) is 4.98 Å². The minimum absolute atomic E-state index is 0.0572. The van der Waals surface area contributed by atoms with Crippen LogP contribution in [0.5, 0.6) is 11.5 Å². The number of anilines is 3. The number of nitrogens with two attached hydrogens (primary N) is 2. The lowest BCUT2D eigenvalue weighted by Gasteiger charge is -2.13. The van der Waals surface area contributed by atoms with Crippen LogP contribution in [0, 0.1) is 11.8 Å². The standard InChI is InChI=1S/C23H20N6O4/c1-32-18-10-13(8-15-11-26-23(25)28-21(15)24)7-14(20(18)33-2)5-3-12-4-6-17-16(9-12)19(29-31)22(30)27-17/h4,6-7,9-11,31H,8H2,1-2H3,(H,27,29,30)(H4,24,25,26,28). The molecule has 1 aliphatic rings. The zero-order valence-electron chi connectivity index (χ0n) is 17.8. The molecule has 166 valence electrons. The molecular weight excluding hydrogens is 424 g/mol. The Labute approximate surface area is 189 Å². The number of fused-ring (bicyclic) bond motifs is 1. The highest BCUT2D eigenvalue weighted by Crippen LogP contribution is 2.33. The second-order valence-corrected chi connectivity index (χ2v) is 7.11. The molecule has 0 saturated carbocycles. The molecule has 0 radical (unpaired) electrons. The average molecular weight is 444 g/mol. The number of aromatic nitrogens is 2. The van der Waals surface area contributed by atoms with Crippen LogP contribution in [0.25, 0.3) is 0 Å². The van der Waals surface area contributed by atoms with Crippen molar-refractivity contribution in [2.24, 2.45) is 5.16 Å². The Kier molecular flexibility index (Phi) is 5.69. The quantitative estimate of drug-likeness (QED) is 0.269. The zero-order valence-corrected chi connectivity index (χ0v) is 17.8. The third-order valence-electron chi connectivity index (χ3n) is 5.03. The van der Waals surface area contributed by atoms with E-state index < -0.39 is 5.91 Å². The number of rotatable bonds is 4. The summed E-state index contributed by atoms with van der Waals surface area (Å²) >= 11 is 0. The molecule has 0 atom stereocenters. The van der Waals surface area contributed by atoms with E-state index in [1.807, 2.05) is 12.1 Å². The number of benzene rings is 2. The van der Waals surface area contributed by atoms with Gasteiger partial charge in [-0.15, -0.1) is 0 Å². The minimum Gasteiger partial charge on any atom is -0.493 e. The lowest BCUT2D eigenvalue weighted by molar-refractivity contribution is -0.110. The maximum absolute atomic E-state index is 11.8. The molecule has 1 amide bonds. The Morgan fingerprint density at radius 2 is 1.97 bits per heavy atom. The van der Waals surface area contributed by atoms with Crippen molar-refractivity contribution < 1.29 is 19.5 Å². The smallest absolute Gasteiger partial charge is 0.278 e. The summed E-state index contributed by atoms with van der Waals surface area (Å²) in [7, 11) is 3.07. The number of nitrogens with one attached hydrogen (secondary N) is 1. The molecule has 2 aromatic carbocycles. The normalized spacial score (nSPS) is 13.2. The first-order valence-electron chi connectivity index (χ1n) is 9.75. The van der Waals surface area contributed by atoms with Gasteiger partial charge in [0.25, 0.3) is 5.91 Å². The molecule has 0 saturated heterocycles. The van der Waals surface area contributed by atoms with Gasteiger partial charge in [0.15, 0.2) is 17.2 Å². The first-order valence-corrected chi connectivity index (χ1v) is 9.75. The maximum Gasteiger partial charge on any atom is 0.278 e. The SMILES string of the molecule is COc1cc(Cc2cnc(N)nc2N)cc(C#Cc2ccc3c(c2)/C(=N/O)C(=O)N3)c1OC. The molecule has 6 N–H and O–H groups in total. The highest BCUT2D eigenvalue weighted by molar-refractivity contribution is 6.53. The van der Waals surface area contributed by atoms with E-state index in [0.717, 1.165) is 5.56 Å². The van der Waals surface area contributed by atoms with E-state index >= 15 is 0 Å². The lowest BCUT2D eigenvalue weighted by atomic mass is 10.0. The van der Waals surface area contributed by atoms with Crippen molar-refractivity contribution in [1.29, 1.82) is 0 Å². The van der Waals surface area contributed by atoms with Crippen molar-refractivity contribution in [3.8, 4) is 23.3 Å². The van der Waals surface area contributed by atoms with Crippen molar-refractivity contribution in [3.63, 3.8) is 0 Å². The number of nitrogens with zero attached hydrogens (tertiary/aromatic N) is 3. The molecule has 2 heterocycles. The third kappa shape index (κ3) is 4.20. The monoisotopic (exact) mass is 444 g/mol. The molecule has 3 aromatic rings. The predicted molar refractivity (Wildman–Crippen MR) is 123 cm³/mol. The number of nitrogen functional groups attached to an aromatic ring is 2. The van der Waals surface area contributed by atoms with Crippen LogP contribution in [0.15, 0.2) is 41.7 Å². The number of oxime groups is 1. The number of ether oxygens (including phenoxy) is 2. The van der Waals surface area contributed by atoms with Crippen LogP contribution in [0.1, 0.15) is 27.8 Å². The number of carbonyl (C=O) groups excluding carboxylic acids is 1. The molecule has 33 heavy (non-hydrogen) atoms. The van der Waals surface area contributed by atoms with Gasteiger partial charge in [-0.1, -0.05) is 17.0 Å². The van der Waals surface area contributed by atoms with E-state index in [1.165, 1.54) is 7.11 Å². The summed E-state index contributed by atoms with van der Waals surface area (Å²) in [5, 5.41) is 14.8. The van der Waals surface area contributed by atoms with E-state index in [9.17, 15) is 4.79 Å². The molecule has 10 heteroatoms. The van der Waals surface area contributed by atoms with Gasteiger partial charge in [-0.05, 0) is 35.9 Å². The molecule has 0 spiro atoms. The van der Waals surface area contributed by atoms with Crippen LogP contribution in [-0.2, 0) is 11.2 Å². The summed E-state index contributed by atoms with van der Waals surface area (Å²) in [6, 6.07) is 8.83. The Hall–Kier alpha value is -4.78. The Balaban J connectivity index is 1.73. The van der Waals surface area contributed by atoms with Crippen molar-refractivity contribution in [2.45, 2.75) is 6.42 Å². The van der Waals surface area contributed by atoms with Gasteiger partial charge in [0, 0.05) is 29.3 Å². The molecular formula is C23H20N6O4. The van der Waals surface area contributed by atoms with Crippen molar-refractivity contribution in [2.75, 3.05) is 31.0 Å². The highest BCUT2D eigenvalue weighted by Gasteiger charge is 2.26. The summed E-state index contributed by atoms with van der Waals surface area (Å²) in [6.07, 6.45) is 2.02. The van der Waals surface area contributed by atoms with Crippen molar-refractivity contribution in [1.82, 2.24) is 9.97 Å². The van der Waals surface area contributed by atoms with Gasteiger partial charge < -0.3 is 31.5 Å². The molecule has 10 nitrogen and oxygen atoms in total. The predicted octanol–water partition coefficient (Wildman–Crippen LogP) is 1.78. The van der Waals surface area contributed by atoms with Gasteiger partial charge in [-0.25, -0.2) is 4.98 Å². The summed E-state index contributed by atoms with van der Waals surface area (Å²) in [4.78, 5) is 19.8. The Bertz CT molecular complexity index is 1360. The summed E-state index contributed by atoms with van der Waals surface area (Å²) in [6.45, 7) is 0. The van der Waals surface area contributed by atoms with E-state index in [0.29, 0.717) is 51.7 Å². The fourth-order valence-corrected chi connectivity index (χ4v) is 3.48. The minimum atomic E-state index is -0.470. The third-order valence-corrected chi connectivity index (χ3v) is 5.03. The van der Waals surface area contributed by atoms with Crippen LogP contribution in [0.3, 0.4) is 0 Å². The molecule has 0 aliphatic carbocycles. The molecule has 0 bridgehead atoms. The second kappa shape index (κ2) is 8.76.